The zero-order valence-electron chi connectivity index (χ0n) is 12.8. The molecular formula is C16H22N2O3S. The van der Waals surface area contributed by atoms with Crippen LogP contribution >= 0.6 is 0 Å². The van der Waals surface area contributed by atoms with Crippen LogP contribution in [0.4, 0.5) is 0 Å². The first-order chi connectivity index (χ1) is 10.5. The van der Waals surface area contributed by atoms with E-state index < -0.39 is 9.84 Å². The van der Waals surface area contributed by atoms with Gasteiger partial charge in [-0.2, -0.15) is 0 Å². The van der Waals surface area contributed by atoms with Crippen LogP contribution in [0.2, 0.25) is 0 Å². The lowest BCUT2D eigenvalue weighted by Gasteiger charge is -2.28. The number of nitrogens with zero attached hydrogens (tertiary/aromatic N) is 1. The van der Waals surface area contributed by atoms with Crippen LogP contribution in [0.25, 0.3) is 0 Å². The van der Waals surface area contributed by atoms with Crippen LogP contribution < -0.4 is 5.32 Å². The van der Waals surface area contributed by atoms with Gasteiger partial charge in [-0.1, -0.05) is 19.1 Å². The summed E-state index contributed by atoms with van der Waals surface area (Å²) in [6.07, 6.45) is 2.94. The normalized spacial score (nSPS) is 25.0. The molecule has 2 saturated heterocycles. The fraction of sp³-hybridized carbons (Fsp3) is 0.562. The molecule has 22 heavy (non-hydrogen) atoms. The van der Waals surface area contributed by atoms with Gasteiger partial charge in [0.1, 0.15) is 0 Å². The number of amides is 1. The number of benzene rings is 1. The van der Waals surface area contributed by atoms with E-state index in [1.165, 1.54) is 0 Å². The molecule has 2 heterocycles. The molecule has 1 aromatic rings. The molecule has 2 aliphatic heterocycles. The first-order valence-corrected chi connectivity index (χ1v) is 9.55. The predicted octanol–water partition coefficient (Wildman–Crippen LogP) is 1.45. The van der Waals surface area contributed by atoms with Crippen molar-refractivity contribution in [2.24, 2.45) is 0 Å². The molecular weight excluding hydrogens is 300 g/mol. The Labute approximate surface area is 131 Å². The van der Waals surface area contributed by atoms with Gasteiger partial charge in [0, 0.05) is 18.6 Å². The van der Waals surface area contributed by atoms with E-state index in [9.17, 15) is 13.2 Å². The Balaban J connectivity index is 2.00. The summed E-state index contributed by atoms with van der Waals surface area (Å²) in [6, 6.07) is 7.01. The SMILES string of the molecule is CCS(=O)(=O)c1ccccc1C(=O)N1C2CCNCC1CC2. The third-order valence-corrected chi connectivity index (χ3v) is 6.51. The van der Waals surface area contributed by atoms with E-state index in [-0.39, 0.29) is 28.6 Å². The van der Waals surface area contributed by atoms with Crippen molar-refractivity contribution in [2.75, 3.05) is 18.8 Å². The van der Waals surface area contributed by atoms with E-state index in [4.69, 9.17) is 0 Å². The maximum Gasteiger partial charge on any atom is 0.255 e. The van der Waals surface area contributed by atoms with E-state index in [1.54, 1.807) is 31.2 Å². The number of sulfone groups is 1. The summed E-state index contributed by atoms with van der Waals surface area (Å²) in [6.45, 7) is 3.32. The van der Waals surface area contributed by atoms with Gasteiger partial charge in [-0.25, -0.2) is 8.42 Å². The molecule has 3 rings (SSSR count). The maximum absolute atomic E-state index is 13.0. The topological polar surface area (TPSA) is 66.5 Å². The van der Waals surface area contributed by atoms with Gasteiger partial charge in [0.25, 0.3) is 5.91 Å². The number of carbonyl (C=O) groups excluding carboxylic acids is 1. The number of fused-ring (bicyclic) bond motifs is 2. The van der Waals surface area contributed by atoms with Crippen molar-refractivity contribution in [3.8, 4) is 0 Å². The molecule has 0 aromatic heterocycles. The van der Waals surface area contributed by atoms with Gasteiger partial charge in [0.2, 0.25) is 0 Å². The molecule has 2 fully saturated rings. The van der Waals surface area contributed by atoms with Crippen LogP contribution in [0.5, 0.6) is 0 Å². The summed E-state index contributed by atoms with van der Waals surface area (Å²) < 4.78 is 24.5. The minimum Gasteiger partial charge on any atom is -0.331 e. The van der Waals surface area contributed by atoms with Gasteiger partial charge in [0.15, 0.2) is 9.84 Å². The molecule has 5 nitrogen and oxygen atoms in total. The Hall–Kier alpha value is -1.40. The molecule has 2 aliphatic rings. The van der Waals surface area contributed by atoms with Gasteiger partial charge < -0.3 is 10.2 Å². The Morgan fingerprint density at radius 3 is 2.73 bits per heavy atom. The molecule has 120 valence electrons. The Bertz CT molecular complexity index is 658. The lowest BCUT2D eigenvalue weighted by Crippen LogP contribution is -2.43. The number of carbonyl (C=O) groups is 1. The highest BCUT2D eigenvalue weighted by Gasteiger charge is 2.39. The molecule has 0 saturated carbocycles. The van der Waals surface area contributed by atoms with Gasteiger partial charge in [0.05, 0.1) is 16.2 Å². The average molecular weight is 322 g/mol. The summed E-state index contributed by atoms with van der Waals surface area (Å²) in [5, 5.41) is 3.36. The monoisotopic (exact) mass is 322 g/mol. The fourth-order valence-corrected chi connectivity index (χ4v) is 4.61. The number of hydrogen-bond donors (Lipinski definition) is 1. The third kappa shape index (κ3) is 2.65. The van der Waals surface area contributed by atoms with Crippen molar-refractivity contribution >= 4 is 15.7 Å². The standard InChI is InChI=1S/C16H22N2O3S/c1-2-22(20,21)15-6-4-3-5-14(15)16(19)18-12-7-8-13(18)11-17-10-9-12/h3-6,12-13,17H,2,7-11H2,1H3. The van der Waals surface area contributed by atoms with E-state index >= 15 is 0 Å². The summed E-state index contributed by atoms with van der Waals surface area (Å²) in [5.41, 5.74) is 0.322. The highest BCUT2D eigenvalue weighted by Crippen LogP contribution is 2.31. The second-order valence-electron chi connectivity index (χ2n) is 5.99. The molecule has 6 heteroatoms. The average Bonchev–Trinajstić information content (AvgIpc) is 2.79. The fourth-order valence-electron chi connectivity index (χ4n) is 3.52. The van der Waals surface area contributed by atoms with Gasteiger partial charge in [-0.3, -0.25) is 4.79 Å². The predicted molar refractivity (Wildman–Crippen MR) is 84.6 cm³/mol. The second kappa shape index (κ2) is 6.01. The van der Waals surface area contributed by atoms with Crippen molar-refractivity contribution in [1.29, 1.82) is 0 Å². The molecule has 1 N–H and O–H groups in total. The van der Waals surface area contributed by atoms with Crippen molar-refractivity contribution in [3.63, 3.8) is 0 Å². The number of rotatable bonds is 3. The van der Waals surface area contributed by atoms with Crippen molar-refractivity contribution in [3.05, 3.63) is 29.8 Å². The van der Waals surface area contributed by atoms with Crippen LogP contribution in [0.1, 0.15) is 36.5 Å². The minimum absolute atomic E-state index is 0.00566. The quantitative estimate of drug-likeness (QED) is 0.914. The Morgan fingerprint density at radius 1 is 1.23 bits per heavy atom. The highest BCUT2D eigenvalue weighted by atomic mass is 32.2. The van der Waals surface area contributed by atoms with Crippen LogP contribution in [0, 0.1) is 0 Å². The summed E-state index contributed by atoms with van der Waals surface area (Å²) >= 11 is 0. The smallest absolute Gasteiger partial charge is 0.255 e. The Kier molecular flexibility index (Phi) is 4.23. The number of hydrogen-bond acceptors (Lipinski definition) is 4. The van der Waals surface area contributed by atoms with E-state index in [1.807, 2.05) is 4.90 Å². The largest absolute Gasteiger partial charge is 0.331 e. The highest BCUT2D eigenvalue weighted by molar-refractivity contribution is 7.91. The van der Waals surface area contributed by atoms with Crippen LogP contribution in [0.15, 0.2) is 29.2 Å². The molecule has 1 aromatic carbocycles. The zero-order chi connectivity index (χ0) is 15.7. The van der Waals surface area contributed by atoms with Crippen LogP contribution in [-0.4, -0.2) is 50.2 Å². The van der Waals surface area contributed by atoms with Gasteiger partial charge in [-0.05, 0) is 37.9 Å². The van der Waals surface area contributed by atoms with Crippen LogP contribution in [0.3, 0.4) is 0 Å². The summed E-state index contributed by atoms with van der Waals surface area (Å²) in [4.78, 5) is 15.1. The molecule has 0 aliphatic carbocycles. The van der Waals surface area contributed by atoms with Crippen molar-refractivity contribution in [1.82, 2.24) is 10.2 Å². The summed E-state index contributed by atoms with van der Waals surface area (Å²) in [7, 11) is -3.40. The maximum atomic E-state index is 13.0. The van der Waals surface area contributed by atoms with Crippen molar-refractivity contribution in [2.45, 2.75) is 43.2 Å². The van der Waals surface area contributed by atoms with E-state index in [0.717, 1.165) is 32.4 Å². The lowest BCUT2D eigenvalue weighted by atomic mass is 10.1. The summed E-state index contributed by atoms with van der Waals surface area (Å²) in [5.74, 6) is -0.130. The first-order valence-electron chi connectivity index (χ1n) is 7.89. The molecule has 2 bridgehead atoms. The van der Waals surface area contributed by atoms with Gasteiger partial charge in [-0.15, -0.1) is 0 Å². The van der Waals surface area contributed by atoms with Crippen molar-refractivity contribution < 1.29 is 13.2 Å². The molecule has 2 unspecified atom stereocenters. The molecule has 0 radical (unpaired) electrons. The lowest BCUT2D eigenvalue weighted by molar-refractivity contribution is 0.0676. The second-order valence-corrected chi connectivity index (χ2v) is 8.24. The van der Waals surface area contributed by atoms with Crippen LogP contribution in [-0.2, 0) is 9.84 Å². The third-order valence-electron chi connectivity index (χ3n) is 4.72. The van der Waals surface area contributed by atoms with Gasteiger partial charge >= 0.3 is 0 Å². The Morgan fingerprint density at radius 2 is 1.95 bits per heavy atom. The number of nitrogens with one attached hydrogen (secondary N) is 1. The molecule has 1 amide bonds. The minimum atomic E-state index is -3.40. The molecule has 0 spiro atoms. The first kappa shape index (κ1) is 15.5. The molecule has 2 atom stereocenters. The van der Waals surface area contributed by atoms with E-state index in [2.05, 4.69) is 5.32 Å². The van der Waals surface area contributed by atoms with E-state index in [0.29, 0.717) is 5.56 Å². The zero-order valence-corrected chi connectivity index (χ0v) is 13.6.